The molecule has 2 aromatic carbocycles. The van der Waals surface area contributed by atoms with Gasteiger partial charge in [-0.3, -0.25) is 4.79 Å². The van der Waals surface area contributed by atoms with Gasteiger partial charge in [-0.15, -0.1) is 0 Å². The molecular weight excluding hydrogens is 330 g/mol. The lowest BCUT2D eigenvalue weighted by atomic mass is 9.92. The van der Waals surface area contributed by atoms with Crippen molar-refractivity contribution < 1.29 is 19.4 Å². The number of hydrogen-bond donors (Lipinski definition) is 1. The average Bonchev–Trinajstić information content (AvgIpc) is 2.60. The average molecular weight is 354 g/mol. The molecule has 2 rings (SSSR count). The number of aliphatic carboxylic acids is 1. The highest BCUT2D eigenvalue weighted by Gasteiger charge is 2.16. The summed E-state index contributed by atoms with van der Waals surface area (Å²) in [6, 6.07) is 12.4. The number of carbonyl (C=O) groups excluding carboxylic acids is 2. The zero-order valence-electron chi connectivity index (χ0n) is 15.5. The van der Waals surface area contributed by atoms with Gasteiger partial charge < -0.3 is 20.0 Å². The van der Waals surface area contributed by atoms with Crippen molar-refractivity contribution in [3.05, 3.63) is 59.2 Å². The summed E-state index contributed by atoms with van der Waals surface area (Å²) >= 11 is 0. The van der Waals surface area contributed by atoms with E-state index in [1.165, 1.54) is 0 Å². The van der Waals surface area contributed by atoms with Gasteiger partial charge in [-0.1, -0.05) is 45.9 Å². The number of amides is 1. The largest absolute Gasteiger partial charge is 0.546 e. The second-order valence-electron chi connectivity index (χ2n) is 6.76. The van der Waals surface area contributed by atoms with E-state index in [1.54, 1.807) is 24.3 Å². The summed E-state index contributed by atoms with van der Waals surface area (Å²) in [5.41, 5.74) is 3.52. The molecule has 0 atom stereocenters. The van der Waals surface area contributed by atoms with E-state index in [4.69, 9.17) is 4.74 Å². The van der Waals surface area contributed by atoms with E-state index in [9.17, 15) is 14.7 Å². The van der Waals surface area contributed by atoms with Crippen LogP contribution in [0.5, 0.6) is 5.75 Å². The van der Waals surface area contributed by atoms with Crippen LogP contribution in [-0.4, -0.2) is 18.5 Å². The molecule has 1 amide bonds. The molecule has 138 valence electrons. The summed E-state index contributed by atoms with van der Waals surface area (Å²) in [6.45, 7) is 7.86. The van der Waals surface area contributed by atoms with Gasteiger partial charge in [-0.05, 0) is 47.2 Å². The number of rotatable bonds is 7. The number of anilines is 1. The molecule has 0 heterocycles. The number of ether oxygens (including phenoxy) is 1. The molecule has 5 heteroatoms. The molecule has 0 aliphatic carbocycles. The number of nitrogens with one attached hydrogen (secondary N) is 1. The fourth-order valence-corrected chi connectivity index (χ4v) is 2.73. The molecular formula is C21H24NO4-. The zero-order valence-corrected chi connectivity index (χ0v) is 15.5. The Bertz CT molecular complexity index is 753. The normalized spacial score (nSPS) is 10.8. The van der Waals surface area contributed by atoms with Gasteiger partial charge in [0.15, 0.2) is 0 Å². The van der Waals surface area contributed by atoms with Crippen LogP contribution in [0.2, 0.25) is 0 Å². The molecule has 2 aromatic rings. The van der Waals surface area contributed by atoms with E-state index in [0.29, 0.717) is 11.3 Å². The van der Waals surface area contributed by atoms with Gasteiger partial charge in [0.25, 0.3) is 5.91 Å². The van der Waals surface area contributed by atoms with Crippen molar-refractivity contribution in [2.45, 2.75) is 39.5 Å². The maximum absolute atomic E-state index is 12.7. The van der Waals surface area contributed by atoms with Crippen LogP contribution >= 0.6 is 0 Å². The van der Waals surface area contributed by atoms with Gasteiger partial charge in [-0.2, -0.15) is 0 Å². The highest BCUT2D eigenvalue weighted by molar-refractivity contribution is 6.05. The van der Waals surface area contributed by atoms with Crippen molar-refractivity contribution in [2.75, 3.05) is 11.9 Å². The van der Waals surface area contributed by atoms with E-state index in [1.807, 2.05) is 18.2 Å². The summed E-state index contributed by atoms with van der Waals surface area (Å²) in [5.74, 6) is -0.574. The second kappa shape index (κ2) is 8.52. The third-order valence-electron chi connectivity index (χ3n) is 4.08. The van der Waals surface area contributed by atoms with E-state index in [2.05, 4.69) is 33.0 Å². The lowest BCUT2D eigenvalue weighted by Gasteiger charge is -2.20. The van der Waals surface area contributed by atoms with Crippen LogP contribution < -0.4 is 15.2 Å². The van der Waals surface area contributed by atoms with Crippen LogP contribution in [0.25, 0.3) is 0 Å². The van der Waals surface area contributed by atoms with E-state index < -0.39 is 12.6 Å². The minimum atomic E-state index is -1.29. The number of carboxylic acids is 1. The van der Waals surface area contributed by atoms with E-state index in [-0.39, 0.29) is 17.7 Å². The van der Waals surface area contributed by atoms with Crippen molar-refractivity contribution in [3.8, 4) is 5.75 Å². The molecule has 0 saturated carbocycles. The molecule has 5 nitrogen and oxygen atoms in total. The van der Waals surface area contributed by atoms with Crippen LogP contribution in [0, 0.1) is 0 Å². The Morgan fingerprint density at radius 2 is 1.50 bits per heavy atom. The Hall–Kier alpha value is -2.82. The lowest BCUT2D eigenvalue weighted by Crippen LogP contribution is -2.28. The number of carbonyl (C=O) groups is 2. The third kappa shape index (κ3) is 4.85. The smallest absolute Gasteiger partial charge is 0.255 e. The Labute approximate surface area is 154 Å². The lowest BCUT2D eigenvalue weighted by molar-refractivity contribution is -0.307. The number of benzene rings is 2. The van der Waals surface area contributed by atoms with Crippen molar-refractivity contribution >= 4 is 17.6 Å². The van der Waals surface area contributed by atoms with E-state index in [0.717, 1.165) is 16.8 Å². The van der Waals surface area contributed by atoms with Gasteiger partial charge in [-0.25, -0.2) is 0 Å². The monoisotopic (exact) mass is 354 g/mol. The van der Waals surface area contributed by atoms with Gasteiger partial charge in [0, 0.05) is 11.3 Å². The Morgan fingerprint density at radius 1 is 0.962 bits per heavy atom. The number of carboxylic acid groups (broad SMARTS) is 1. The number of para-hydroxylation sites is 1. The predicted octanol–water partition coefficient (Wildman–Crippen LogP) is 3.31. The highest BCUT2D eigenvalue weighted by atomic mass is 16.5. The molecule has 1 N–H and O–H groups in total. The topological polar surface area (TPSA) is 78.5 Å². The SMILES string of the molecule is CC(C)c1cccc(C(C)C)c1NC(=O)c1ccc(OCC(=O)[O-])cc1. The third-order valence-corrected chi connectivity index (χ3v) is 4.08. The Morgan fingerprint density at radius 3 is 1.96 bits per heavy atom. The summed E-state index contributed by atoms with van der Waals surface area (Å²) in [5, 5.41) is 13.5. The van der Waals surface area contributed by atoms with Crippen LogP contribution in [0.3, 0.4) is 0 Å². The zero-order chi connectivity index (χ0) is 19.3. The quantitative estimate of drug-likeness (QED) is 0.827. The van der Waals surface area contributed by atoms with Gasteiger partial charge in [0.05, 0.1) is 5.97 Å². The molecule has 0 saturated heterocycles. The predicted molar refractivity (Wildman–Crippen MR) is 99.5 cm³/mol. The van der Waals surface area contributed by atoms with Gasteiger partial charge in [0.1, 0.15) is 12.4 Å². The van der Waals surface area contributed by atoms with E-state index >= 15 is 0 Å². The summed E-state index contributed by atoms with van der Waals surface area (Å²) in [7, 11) is 0. The van der Waals surface area contributed by atoms with Crippen LogP contribution in [0.1, 0.15) is 61.0 Å². The molecule has 0 aromatic heterocycles. The fourth-order valence-electron chi connectivity index (χ4n) is 2.73. The van der Waals surface area contributed by atoms with Gasteiger partial charge >= 0.3 is 0 Å². The fraction of sp³-hybridized carbons (Fsp3) is 0.333. The van der Waals surface area contributed by atoms with Crippen molar-refractivity contribution in [3.63, 3.8) is 0 Å². The van der Waals surface area contributed by atoms with Crippen molar-refractivity contribution in [2.24, 2.45) is 0 Å². The first-order valence-electron chi connectivity index (χ1n) is 8.66. The van der Waals surface area contributed by atoms with Crippen LogP contribution in [0.15, 0.2) is 42.5 Å². The van der Waals surface area contributed by atoms with Crippen molar-refractivity contribution in [1.29, 1.82) is 0 Å². The van der Waals surface area contributed by atoms with Crippen molar-refractivity contribution in [1.82, 2.24) is 0 Å². The Kier molecular flexibility index (Phi) is 6.39. The minimum absolute atomic E-state index is 0.216. The van der Waals surface area contributed by atoms with Gasteiger partial charge in [0.2, 0.25) is 0 Å². The summed E-state index contributed by atoms with van der Waals surface area (Å²) < 4.78 is 5.03. The highest BCUT2D eigenvalue weighted by Crippen LogP contribution is 2.32. The molecule has 0 fully saturated rings. The Balaban J connectivity index is 2.23. The molecule has 26 heavy (non-hydrogen) atoms. The van der Waals surface area contributed by atoms with Crippen LogP contribution in [-0.2, 0) is 4.79 Å². The summed E-state index contributed by atoms with van der Waals surface area (Å²) in [6.07, 6.45) is 0. The van der Waals surface area contributed by atoms with Crippen LogP contribution in [0.4, 0.5) is 5.69 Å². The first-order valence-corrected chi connectivity index (χ1v) is 8.66. The summed E-state index contributed by atoms with van der Waals surface area (Å²) in [4.78, 5) is 23.1. The molecule has 0 unspecified atom stereocenters. The molecule has 0 aliphatic rings. The minimum Gasteiger partial charge on any atom is -0.546 e. The first kappa shape index (κ1) is 19.5. The molecule has 0 aliphatic heterocycles. The number of hydrogen-bond acceptors (Lipinski definition) is 4. The maximum Gasteiger partial charge on any atom is 0.255 e. The second-order valence-corrected chi connectivity index (χ2v) is 6.76. The first-order chi connectivity index (χ1) is 12.3. The molecule has 0 radical (unpaired) electrons. The standard InChI is InChI=1S/C21H25NO4/c1-13(2)17-6-5-7-18(14(3)4)20(17)22-21(25)15-8-10-16(11-9-15)26-12-19(23)24/h5-11,13-14H,12H2,1-4H3,(H,22,25)(H,23,24)/p-1. The molecule has 0 bridgehead atoms. The maximum atomic E-state index is 12.7. The molecule has 0 spiro atoms.